The number of urea groups is 1. The van der Waals surface area contributed by atoms with E-state index in [1.807, 2.05) is 6.07 Å². The highest BCUT2D eigenvalue weighted by molar-refractivity contribution is 7.99. The molecule has 0 unspecified atom stereocenters. The van der Waals surface area contributed by atoms with Crippen molar-refractivity contribution in [1.82, 2.24) is 9.80 Å². The maximum Gasteiger partial charge on any atom is 0.425 e. The maximum atomic E-state index is 12.8. The first kappa shape index (κ1) is 21.9. The molecule has 0 atom stereocenters. The summed E-state index contributed by atoms with van der Waals surface area (Å²) >= 11 is 1.34. The van der Waals surface area contributed by atoms with E-state index in [-0.39, 0.29) is 5.88 Å². The van der Waals surface area contributed by atoms with Crippen molar-refractivity contribution in [3.8, 4) is 11.5 Å². The van der Waals surface area contributed by atoms with Crippen LogP contribution in [-0.4, -0.2) is 59.1 Å². The zero-order valence-corrected chi connectivity index (χ0v) is 18.0. The molecule has 0 aromatic heterocycles. The van der Waals surface area contributed by atoms with Gasteiger partial charge in [0.2, 0.25) is 0 Å². The summed E-state index contributed by atoms with van der Waals surface area (Å²) in [6, 6.07) is 4.67. The number of thioether (sulfide) groups is 1. The van der Waals surface area contributed by atoms with Crippen LogP contribution in [0, 0.1) is 0 Å². The molecular weight excluding hydrogens is 384 g/mol. The Hall–Kier alpha value is -2.42. The van der Waals surface area contributed by atoms with Gasteiger partial charge in [0.25, 0.3) is 5.91 Å². The van der Waals surface area contributed by atoms with Gasteiger partial charge in [0.15, 0.2) is 11.5 Å². The van der Waals surface area contributed by atoms with E-state index in [0.29, 0.717) is 16.4 Å². The van der Waals surface area contributed by atoms with Crippen LogP contribution in [0.25, 0.3) is 0 Å². The first-order chi connectivity index (χ1) is 12.9. The first-order valence-corrected chi connectivity index (χ1v) is 9.65. The van der Waals surface area contributed by atoms with Crippen molar-refractivity contribution in [1.29, 1.82) is 0 Å². The molecule has 1 aliphatic heterocycles. The van der Waals surface area contributed by atoms with Gasteiger partial charge in [-0.15, -0.1) is 11.8 Å². The second-order valence-corrected chi connectivity index (χ2v) is 8.70. The number of amides is 4. The minimum atomic E-state index is -1.17. The van der Waals surface area contributed by atoms with Crippen molar-refractivity contribution in [2.45, 2.75) is 50.7 Å². The van der Waals surface area contributed by atoms with Gasteiger partial charge >= 0.3 is 12.1 Å². The topological polar surface area (TPSA) is 85.4 Å². The van der Waals surface area contributed by atoms with Gasteiger partial charge in [0, 0.05) is 4.90 Å². The fourth-order valence-electron chi connectivity index (χ4n) is 2.57. The van der Waals surface area contributed by atoms with Gasteiger partial charge in [-0.2, -0.15) is 4.90 Å². The summed E-state index contributed by atoms with van der Waals surface area (Å²) < 4.78 is 15.7. The second-order valence-electron chi connectivity index (χ2n) is 7.68. The Morgan fingerprint density at radius 3 is 2.25 bits per heavy atom. The SMILES string of the molecule is COc1ccc(SCN2C(=O)N(C(=O)OC(C)(C)C)C(=O)C2(C)C)cc1OC. The number of methoxy groups -OCH3 is 2. The summed E-state index contributed by atoms with van der Waals surface area (Å²) in [6.45, 7) is 8.22. The lowest BCUT2D eigenvalue weighted by Crippen LogP contribution is -2.44. The summed E-state index contributed by atoms with van der Waals surface area (Å²) in [6.07, 6.45) is -0.964. The van der Waals surface area contributed by atoms with Crippen molar-refractivity contribution in [3.63, 3.8) is 0 Å². The number of nitrogens with zero attached hydrogens (tertiary/aromatic N) is 2. The smallest absolute Gasteiger partial charge is 0.425 e. The van der Waals surface area contributed by atoms with Crippen LogP contribution in [0.15, 0.2) is 23.1 Å². The van der Waals surface area contributed by atoms with E-state index in [4.69, 9.17) is 14.2 Å². The molecule has 1 aromatic carbocycles. The fraction of sp³-hybridized carbons (Fsp3) is 0.526. The average Bonchev–Trinajstić information content (AvgIpc) is 2.76. The van der Waals surface area contributed by atoms with Gasteiger partial charge < -0.3 is 19.1 Å². The van der Waals surface area contributed by atoms with Gasteiger partial charge in [0.1, 0.15) is 11.1 Å². The summed E-state index contributed by atoms with van der Waals surface area (Å²) in [5.74, 6) is 0.716. The highest BCUT2D eigenvalue weighted by Gasteiger charge is 2.54. The molecule has 0 N–H and O–H groups in total. The quantitative estimate of drug-likeness (QED) is 0.540. The van der Waals surface area contributed by atoms with Crippen LogP contribution in [0.3, 0.4) is 0 Å². The summed E-state index contributed by atoms with van der Waals surface area (Å²) in [4.78, 5) is 40.5. The van der Waals surface area contributed by atoms with E-state index < -0.39 is 29.2 Å². The van der Waals surface area contributed by atoms with Crippen LogP contribution in [0.2, 0.25) is 0 Å². The molecule has 28 heavy (non-hydrogen) atoms. The zero-order chi connectivity index (χ0) is 21.3. The number of benzene rings is 1. The summed E-state index contributed by atoms with van der Waals surface area (Å²) in [5, 5.41) is 0. The average molecular weight is 410 g/mol. The van der Waals surface area contributed by atoms with Crippen LogP contribution in [0.5, 0.6) is 11.5 Å². The minimum absolute atomic E-state index is 0.173. The molecule has 0 spiro atoms. The molecule has 154 valence electrons. The molecular formula is C19H26N2O6S. The number of hydrogen-bond acceptors (Lipinski definition) is 7. The first-order valence-electron chi connectivity index (χ1n) is 8.66. The summed E-state index contributed by atoms with van der Waals surface area (Å²) in [7, 11) is 3.09. The van der Waals surface area contributed by atoms with Gasteiger partial charge in [-0.1, -0.05) is 0 Å². The molecule has 9 heteroatoms. The van der Waals surface area contributed by atoms with Crippen LogP contribution in [-0.2, 0) is 9.53 Å². The third-order valence-electron chi connectivity index (χ3n) is 4.11. The van der Waals surface area contributed by atoms with Crippen molar-refractivity contribution < 1.29 is 28.6 Å². The maximum absolute atomic E-state index is 12.8. The Bertz CT molecular complexity index is 787. The van der Waals surface area contributed by atoms with Gasteiger partial charge in [-0.3, -0.25) is 4.79 Å². The summed E-state index contributed by atoms with van der Waals surface area (Å²) in [5.41, 5.74) is -1.98. The number of ether oxygens (including phenoxy) is 3. The largest absolute Gasteiger partial charge is 0.493 e. The normalized spacial score (nSPS) is 16.4. The van der Waals surface area contributed by atoms with Crippen molar-refractivity contribution in [2.24, 2.45) is 0 Å². The molecule has 0 bridgehead atoms. The Morgan fingerprint density at radius 1 is 1.11 bits per heavy atom. The molecule has 1 saturated heterocycles. The number of hydrogen-bond donors (Lipinski definition) is 0. The highest BCUT2D eigenvalue weighted by Crippen LogP contribution is 2.35. The Balaban J connectivity index is 2.18. The van der Waals surface area contributed by atoms with Crippen LogP contribution in [0.4, 0.5) is 9.59 Å². The van der Waals surface area contributed by atoms with E-state index >= 15 is 0 Å². The Morgan fingerprint density at radius 2 is 1.71 bits per heavy atom. The predicted molar refractivity (Wildman–Crippen MR) is 105 cm³/mol. The second kappa shape index (κ2) is 7.90. The standard InChI is InChI=1S/C19H26N2O6S/c1-18(2,3)27-17(24)21-15(22)19(4,5)20(16(21)23)11-28-12-8-9-13(25-6)14(10-12)26-7/h8-10H,11H2,1-7H3. The third kappa shape index (κ3) is 4.35. The molecule has 1 aromatic rings. The van der Waals surface area contributed by atoms with E-state index in [9.17, 15) is 14.4 Å². The van der Waals surface area contributed by atoms with E-state index in [2.05, 4.69) is 0 Å². The third-order valence-corrected chi connectivity index (χ3v) is 5.09. The van der Waals surface area contributed by atoms with Crippen molar-refractivity contribution in [3.05, 3.63) is 18.2 Å². The fourth-order valence-corrected chi connectivity index (χ4v) is 3.63. The predicted octanol–water partition coefficient (Wildman–Crippen LogP) is 3.73. The number of carbonyl (C=O) groups excluding carboxylic acids is 3. The molecule has 1 heterocycles. The molecule has 0 aliphatic carbocycles. The molecule has 8 nitrogen and oxygen atoms in total. The highest BCUT2D eigenvalue weighted by atomic mass is 32.2. The number of carbonyl (C=O) groups is 3. The van der Waals surface area contributed by atoms with Crippen molar-refractivity contribution in [2.75, 3.05) is 20.1 Å². The molecule has 1 aliphatic rings. The number of rotatable bonds is 5. The molecule has 0 saturated carbocycles. The lowest BCUT2D eigenvalue weighted by molar-refractivity contribution is -0.131. The van der Waals surface area contributed by atoms with Crippen LogP contribution in [0.1, 0.15) is 34.6 Å². The van der Waals surface area contributed by atoms with Gasteiger partial charge in [-0.05, 0) is 52.8 Å². The van der Waals surface area contributed by atoms with Gasteiger partial charge in [-0.25, -0.2) is 9.59 Å². The van der Waals surface area contributed by atoms with Crippen LogP contribution < -0.4 is 9.47 Å². The van der Waals surface area contributed by atoms with E-state index in [1.54, 1.807) is 53.9 Å². The van der Waals surface area contributed by atoms with E-state index in [1.165, 1.54) is 23.8 Å². The number of imide groups is 3. The lowest BCUT2D eigenvalue weighted by Gasteiger charge is -2.27. The Labute approximate surface area is 169 Å². The molecule has 2 rings (SSSR count). The zero-order valence-electron chi connectivity index (χ0n) is 17.2. The molecule has 0 radical (unpaired) electrons. The monoisotopic (exact) mass is 410 g/mol. The molecule has 4 amide bonds. The van der Waals surface area contributed by atoms with E-state index in [0.717, 1.165) is 4.90 Å². The molecule has 1 fully saturated rings. The van der Waals surface area contributed by atoms with Crippen LogP contribution >= 0.6 is 11.8 Å². The Kier molecular flexibility index (Phi) is 6.18. The lowest BCUT2D eigenvalue weighted by atomic mass is 10.1. The minimum Gasteiger partial charge on any atom is -0.493 e. The van der Waals surface area contributed by atoms with Crippen molar-refractivity contribution >= 4 is 29.8 Å². The van der Waals surface area contributed by atoms with Gasteiger partial charge in [0.05, 0.1) is 20.1 Å².